The normalized spacial score (nSPS) is 20.2. The highest BCUT2D eigenvalue weighted by Crippen LogP contribution is 2.43. The second-order valence-corrected chi connectivity index (χ2v) is 8.48. The third-order valence-electron chi connectivity index (χ3n) is 6.05. The van der Waals surface area contributed by atoms with E-state index in [9.17, 15) is 14.4 Å². The van der Waals surface area contributed by atoms with Crippen molar-refractivity contribution in [3.05, 3.63) is 64.7 Å². The van der Waals surface area contributed by atoms with Crippen molar-refractivity contribution in [3.8, 4) is 0 Å². The Morgan fingerprint density at radius 3 is 2.57 bits per heavy atom. The van der Waals surface area contributed by atoms with E-state index in [0.717, 1.165) is 5.56 Å². The van der Waals surface area contributed by atoms with Crippen molar-refractivity contribution in [2.45, 2.75) is 38.4 Å². The van der Waals surface area contributed by atoms with E-state index >= 15 is 0 Å². The molecule has 2 aromatic carbocycles. The lowest BCUT2D eigenvalue weighted by atomic mass is 9.98. The first-order valence-electron chi connectivity index (χ1n) is 10.0. The lowest BCUT2D eigenvalue weighted by Crippen LogP contribution is -2.62. The molecule has 156 valence electrons. The fourth-order valence-corrected chi connectivity index (χ4v) is 4.52. The zero-order chi connectivity index (χ0) is 21.5. The van der Waals surface area contributed by atoms with Crippen LogP contribution in [0.25, 0.3) is 0 Å². The van der Waals surface area contributed by atoms with Crippen LogP contribution < -0.4 is 4.90 Å². The number of fused-ring (bicyclic) bond motifs is 3. The van der Waals surface area contributed by atoms with Gasteiger partial charge in [0.2, 0.25) is 11.8 Å². The summed E-state index contributed by atoms with van der Waals surface area (Å²) in [6.45, 7) is 2.64. The van der Waals surface area contributed by atoms with Crippen molar-refractivity contribution in [1.82, 2.24) is 9.80 Å². The maximum Gasteiger partial charge on any atom is 0.257 e. The molecule has 7 heteroatoms. The SMILES string of the molecule is CN(Cc1ccc(Cl)cc1)C(=O)CCN1C(=O)c2ccccc2N2C(=O)CCC12C. The zero-order valence-corrected chi connectivity index (χ0v) is 17.9. The number of halogens is 1. The zero-order valence-electron chi connectivity index (χ0n) is 17.1. The van der Waals surface area contributed by atoms with Crippen LogP contribution in [0.2, 0.25) is 5.02 Å². The van der Waals surface area contributed by atoms with E-state index in [1.807, 2.05) is 31.2 Å². The molecule has 4 rings (SSSR count). The first-order chi connectivity index (χ1) is 14.3. The highest BCUT2D eigenvalue weighted by Gasteiger charge is 2.52. The van der Waals surface area contributed by atoms with Crippen LogP contribution in [-0.2, 0) is 16.1 Å². The Balaban J connectivity index is 1.50. The van der Waals surface area contributed by atoms with Crippen LogP contribution in [0.3, 0.4) is 0 Å². The molecule has 3 amide bonds. The van der Waals surface area contributed by atoms with Crippen LogP contribution in [0.15, 0.2) is 48.5 Å². The van der Waals surface area contributed by atoms with E-state index in [2.05, 4.69) is 0 Å². The van der Waals surface area contributed by atoms with E-state index in [1.165, 1.54) is 0 Å². The third kappa shape index (κ3) is 3.45. The first kappa shape index (κ1) is 20.4. The maximum atomic E-state index is 13.2. The molecule has 0 N–H and O–H groups in total. The summed E-state index contributed by atoms with van der Waals surface area (Å²) < 4.78 is 0. The summed E-state index contributed by atoms with van der Waals surface area (Å²) in [5.74, 6) is -0.183. The number of hydrogen-bond acceptors (Lipinski definition) is 3. The molecule has 0 saturated carbocycles. The van der Waals surface area contributed by atoms with Crippen LogP contribution in [0.4, 0.5) is 5.69 Å². The second-order valence-electron chi connectivity index (χ2n) is 8.05. The van der Waals surface area contributed by atoms with Gasteiger partial charge < -0.3 is 9.80 Å². The summed E-state index contributed by atoms with van der Waals surface area (Å²) in [6, 6.07) is 14.6. The molecule has 0 aliphatic carbocycles. The molecule has 2 aliphatic heterocycles. The minimum Gasteiger partial charge on any atom is -0.341 e. The fourth-order valence-electron chi connectivity index (χ4n) is 4.39. The minimum absolute atomic E-state index is 0.00799. The Kier molecular flexibility index (Phi) is 5.28. The summed E-state index contributed by atoms with van der Waals surface area (Å²) in [5.41, 5.74) is 1.41. The molecule has 0 spiro atoms. The molecule has 2 aromatic rings. The van der Waals surface area contributed by atoms with E-state index in [4.69, 9.17) is 11.6 Å². The molecular weight excluding hydrogens is 402 g/mol. The number of carbonyl (C=O) groups is 3. The Labute approximate surface area is 181 Å². The van der Waals surface area contributed by atoms with Crippen molar-refractivity contribution < 1.29 is 14.4 Å². The second kappa shape index (κ2) is 7.76. The predicted octanol–water partition coefficient (Wildman–Crippen LogP) is 3.69. The topological polar surface area (TPSA) is 60.9 Å². The van der Waals surface area contributed by atoms with E-state index < -0.39 is 5.66 Å². The number of para-hydroxylation sites is 1. The molecule has 0 bridgehead atoms. The van der Waals surface area contributed by atoms with Gasteiger partial charge in [0.25, 0.3) is 5.91 Å². The summed E-state index contributed by atoms with van der Waals surface area (Å²) in [4.78, 5) is 43.6. The van der Waals surface area contributed by atoms with Gasteiger partial charge in [0.1, 0.15) is 5.66 Å². The summed E-state index contributed by atoms with van der Waals surface area (Å²) in [5, 5.41) is 0.653. The number of amides is 3. The van der Waals surface area contributed by atoms with Gasteiger partial charge in [-0.25, -0.2) is 0 Å². The highest BCUT2D eigenvalue weighted by atomic mass is 35.5. The van der Waals surface area contributed by atoms with Crippen molar-refractivity contribution in [2.24, 2.45) is 0 Å². The Hall–Kier alpha value is -2.86. The molecule has 30 heavy (non-hydrogen) atoms. The number of anilines is 1. The quantitative estimate of drug-likeness (QED) is 0.734. The smallest absolute Gasteiger partial charge is 0.257 e. The third-order valence-corrected chi connectivity index (χ3v) is 6.31. The van der Waals surface area contributed by atoms with Gasteiger partial charge >= 0.3 is 0 Å². The molecule has 2 aliphatic rings. The molecule has 6 nitrogen and oxygen atoms in total. The highest BCUT2D eigenvalue weighted by molar-refractivity contribution is 6.30. The van der Waals surface area contributed by atoms with Crippen LogP contribution in [-0.4, -0.2) is 46.8 Å². The number of hydrogen-bond donors (Lipinski definition) is 0. The Morgan fingerprint density at radius 2 is 1.83 bits per heavy atom. The van der Waals surface area contributed by atoms with Gasteiger partial charge in [-0.15, -0.1) is 0 Å². The summed E-state index contributed by atoms with van der Waals surface area (Å²) >= 11 is 5.92. The minimum atomic E-state index is -0.739. The molecule has 0 aromatic heterocycles. The molecule has 1 unspecified atom stereocenters. The van der Waals surface area contributed by atoms with Crippen LogP contribution >= 0.6 is 11.6 Å². The lowest BCUT2D eigenvalue weighted by molar-refractivity contribution is -0.130. The van der Waals surface area contributed by atoms with Gasteiger partial charge in [0.05, 0.1) is 11.3 Å². The standard InChI is InChI=1S/C23H24ClN3O3/c1-23-13-11-21(29)27(23)19-6-4-3-5-18(19)22(30)26(23)14-12-20(28)25(2)15-16-7-9-17(24)10-8-16/h3-10H,11-15H2,1-2H3. The molecule has 1 saturated heterocycles. The number of rotatable bonds is 5. The fraction of sp³-hybridized carbons (Fsp3) is 0.348. The van der Waals surface area contributed by atoms with Crippen LogP contribution in [0.1, 0.15) is 42.1 Å². The van der Waals surface area contributed by atoms with E-state index in [1.54, 1.807) is 46.0 Å². The lowest BCUT2D eigenvalue weighted by Gasteiger charge is -2.48. The number of benzene rings is 2. The average molecular weight is 426 g/mol. The van der Waals surface area contributed by atoms with Crippen LogP contribution in [0.5, 0.6) is 0 Å². The summed E-state index contributed by atoms with van der Waals surface area (Å²) in [7, 11) is 1.75. The largest absolute Gasteiger partial charge is 0.341 e. The van der Waals surface area contributed by atoms with Crippen molar-refractivity contribution in [1.29, 1.82) is 0 Å². The first-order valence-corrected chi connectivity index (χ1v) is 10.4. The average Bonchev–Trinajstić information content (AvgIpc) is 3.04. The van der Waals surface area contributed by atoms with Gasteiger partial charge in [0.15, 0.2) is 0 Å². The van der Waals surface area contributed by atoms with Crippen LogP contribution in [0, 0.1) is 0 Å². The van der Waals surface area contributed by atoms with E-state index in [-0.39, 0.29) is 30.7 Å². The molecule has 2 heterocycles. The monoisotopic (exact) mass is 425 g/mol. The van der Waals surface area contributed by atoms with Gasteiger partial charge in [-0.1, -0.05) is 35.9 Å². The van der Waals surface area contributed by atoms with Gasteiger partial charge in [-0.2, -0.15) is 0 Å². The van der Waals surface area contributed by atoms with Crippen molar-refractivity contribution >= 4 is 35.0 Å². The van der Waals surface area contributed by atoms with E-state index in [0.29, 0.717) is 35.7 Å². The van der Waals surface area contributed by atoms with Gasteiger partial charge in [-0.3, -0.25) is 19.3 Å². The van der Waals surface area contributed by atoms with Crippen molar-refractivity contribution in [2.75, 3.05) is 18.5 Å². The number of carbonyl (C=O) groups excluding carboxylic acids is 3. The maximum absolute atomic E-state index is 13.2. The van der Waals surface area contributed by atoms with Gasteiger partial charge in [-0.05, 0) is 43.2 Å². The molecule has 1 fully saturated rings. The number of nitrogens with zero attached hydrogens (tertiary/aromatic N) is 3. The Morgan fingerprint density at radius 1 is 1.13 bits per heavy atom. The molecular formula is C23H24ClN3O3. The summed E-state index contributed by atoms with van der Waals surface area (Å²) in [6.07, 6.45) is 1.13. The Bertz CT molecular complexity index is 1010. The molecule has 1 atom stereocenters. The molecule has 0 radical (unpaired) electrons. The van der Waals surface area contributed by atoms with Gasteiger partial charge in [0, 0.05) is 38.0 Å². The predicted molar refractivity (Wildman–Crippen MR) is 115 cm³/mol. The van der Waals surface area contributed by atoms with Crippen molar-refractivity contribution in [3.63, 3.8) is 0 Å².